The minimum atomic E-state index is 1.13. The fourth-order valence-electron chi connectivity index (χ4n) is 2.47. The van der Waals surface area contributed by atoms with Gasteiger partial charge in [0, 0.05) is 10.8 Å². The molecule has 0 fully saturated rings. The van der Waals surface area contributed by atoms with Crippen LogP contribution in [0.4, 0.5) is 0 Å². The number of nitrogens with zero attached hydrogens (tertiary/aromatic N) is 1. The zero-order valence-electron chi connectivity index (χ0n) is 9.05. The summed E-state index contributed by atoms with van der Waals surface area (Å²) in [5.41, 5.74) is 3.06. The third kappa shape index (κ3) is 1.16. The number of hydrogen-bond acceptors (Lipinski definition) is 2. The van der Waals surface area contributed by atoms with Gasteiger partial charge in [0.25, 0.3) is 0 Å². The van der Waals surface area contributed by atoms with Crippen molar-refractivity contribution in [2.24, 2.45) is 0 Å². The van der Waals surface area contributed by atoms with E-state index in [1.165, 1.54) is 26.2 Å². The second-order valence-corrected chi connectivity index (χ2v) is 4.98. The molecule has 0 aliphatic rings. The van der Waals surface area contributed by atoms with Crippen LogP contribution in [0, 0.1) is 0 Å². The maximum Gasteiger partial charge on any atom is 0.0896 e. The van der Waals surface area contributed by atoms with Crippen LogP contribution in [-0.2, 0) is 0 Å². The molecular formula is C15H9NS. The first-order valence-corrected chi connectivity index (χ1v) is 6.46. The van der Waals surface area contributed by atoms with Gasteiger partial charge >= 0.3 is 0 Å². The molecular weight excluding hydrogens is 226 g/mol. The Bertz CT molecular complexity index is 775. The predicted octanol–water partition coefficient (Wildman–Crippen LogP) is 4.60. The SMILES string of the molecule is c1ccc2c(c1)c1ccccc1c1scnc21. The van der Waals surface area contributed by atoms with E-state index in [0.717, 1.165) is 5.52 Å². The molecule has 1 nitrogen and oxygen atoms in total. The summed E-state index contributed by atoms with van der Waals surface area (Å²) in [6.07, 6.45) is 0. The largest absolute Gasteiger partial charge is 0.244 e. The second-order valence-electron chi connectivity index (χ2n) is 4.12. The van der Waals surface area contributed by atoms with Gasteiger partial charge in [-0.15, -0.1) is 11.3 Å². The summed E-state index contributed by atoms with van der Waals surface area (Å²) >= 11 is 1.72. The zero-order valence-corrected chi connectivity index (χ0v) is 9.87. The first kappa shape index (κ1) is 9.14. The first-order chi connectivity index (χ1) is 8.45. The van der Waals surface area contributed by atoms with Crippen LogP contribution in [0.3, 0.4) is 0 Å². The normalized spacial score (nSPS) is 11.5. The number of fused-ring (bicyclic) bond motifs is 6. The highest BCUT2D eigenvalue weighted by atomic mass is 32.1. The van der Waals surface area contributed by atoms with Gasteiger partial charge in [-0.25, -0.2) is 4.98 Å². The molecule has 0 bridgehead atoms. The molecule has 0 atom stereocenters. The number of thiazole rings is 1. The summed E-state index contributed by atoms with van der Waals surface area (Å²) in [6.45, 7) is 0. The number of benzene rings is 3. The average Bonchev–Trinajstić information content (AvgIpc) is 2.89. The monoisotopic (exact) mass is 235 g/mol. The average molecular weight is 235 g/mol. The molecule has 0 spiro atoms. The highest BCUT2D eigenvalue weighted by Crippen LogP contribution is 2.35. The maximum absolute atomic E-state index is 4.52. The van der Waals surface area contributed by atoms with Crippen LogP contribution >= 0.6 is 11.3 Å². The summed E-state index contributed by atoms with van der Waals surface area (Å²) in [5, 5.41) is 5.17. The lowest BCUT2D eigenvalue weighted by Gasteiger charge is -2.05. The molecule has 1 heterocycles. The summed E-state index contributed by atoms with van der Waals surface area (Å²) in [7, 11) is 0. The molecule has 17 heavy (non-hydrogen) atoms. The molecule has 80 valence electrons. The molecule has 0 saturated heterocycles. The molecule has 0 amide bonds. The van der Waals surface area contributed by atoms with Crippen molar-refractivity contribution in [1.82, 2.24) is 4.98 Å². The van der Waals surface area contributed by atoms with Crippen LogP contribution in [0.1, 0.15) is 0 Å². The van der Waals surface area contributed by atoms with Crippen LogP contribution in [-0.4, -0.2) is 4.98 Å². The number of aromatic nitrogens is 1. The minimum absolute atomic E-state index is 1.13. The van der Waals surface area contributed by atoms with Gasteiger partial charge in [0.2, 0.25) is 0 Å². The van der Waals surface area contributed by atoms with Crippen molar-refractivity contribution in [3.05, 3.63) is 54.0 Å². The van der Waals surface area contributed by atoms with Crippen LogP contribution in [0.15, 0.2) is 54.0 Å². The van der Waals surface area contributed by atoms with Gasteiger partial charge in [-0.1, -0.05) is 48.5 Å². The van der Waals surface area contributed by atoms with E-state index in [0.29, 0.717) is 0 Å². The Morgan fingerprint density at radius 2 is 1.29 bits per heavy atom. The van der Waals surface area contributed by atoms with Crippen molar-refractivity contribution in [2.75, 3.05) is 0 Å². The first-order valence-electron chi connectivity index (χ1n) is 5.58. The molecule has 1 aromatic heterocycles. The van der Waals surface area contributed by atoms with E-state index >= 15 is 0 Å². The van der Waals surface area contributed by atoms with Gasteiger partial charge in [-0.05, 0) is 10.8 Å². The van der Waals surface area contributed by atoms with E-state index in [9.17, 15) is 0 Å². The summed E-state index contributed by atoms with van der Waals surface area (Å²) < 4.78 is 1.29. The lowest BCUT2D eigenvalue weighted by Crippen LogP contribution is -1.79. The molecule has 0 N–H and O–H groups in total. The van der Waals surface area contributed by atoms with Crippen LogP contribution in [0.5, 0.6) is 0 Å². The zero-order chi connectivity index (χ0) is 11.2. The third-order valence-corrected chi connectivity index (χ3v) is 4.07. The fourth-order valence-corrected chi connectivity index (χ4v) is 3.31. The Morgan fingerprint density at radius 3 is 2.06 bits per heavy atom. The molecule has 0 radical (unpaired) electrons. The maximum atomic E-state index is 4.52. The molecule has 0 aliphatic heterocycles. The van der Waals surface area contributed by atoms with Crippen molar-refractivity contribution in [1.29, 1.82) is 0 Å². The van der Waals surface area contributed by atoms with E-state index in [-0.39, 0.29) is 0 Å². The lowest BCUT2D eigenvalue weighted by molar-refractivity contribution is 1.52. The summed E-state index contributed by atoms with van der Waals surface area (Å²) in [6, 6.07) is 17.1. The van der Waals surface area contributed by atoms with Gasteiger partial charge in [0.05, 0.1) is 15.7 Å². The fraction of sp³-hybridized carbons (Fsp3) is 0. The lowest BCUT2D eigenvalue weighted by atomic mass is 10.0. The number of hydrogen-bond donors (Lipinski definition) is 0. The van der Waals surface area contributed by atoms with E-state index < -0.39 is 0 Å². The van der Waals surface area contributed by atoms with Gasteiger partial charge in [0.1, 0.15) is 0 Å². The van der Waals surface area contributed by atoms with Crippen LogP contribution < -0.4 is 0 Å². The molecule has 2 heteroatoms. The highest BCUT2D eigenvalue weighted by molar-refractivity contribution is 7.18. The van der Waals surface area contributed by atoms with Crippen molar-refractivity contribution in [3.63, 3.8) is 0 Å². The molecule has 4 aromatic rings. The van der Waals surface area contributed by atoms with Crippen molar-refractivity contribution < 1.29 is 0 Å². The Balaban J connectivity index is 2.48. The van der Waals surface area contributed by atoms with E-state index in [1.807, 2.05) is 5.51 Å². The van der Waals surface area contributed by atoms with Crippen molar-refractivity contribution >= 4 is 43.1 Å². The number of rotatable bonds is 0. The second kappa shape index (κ2) is 3.28. The van der Waals surface area contributed by atoms with E-state index in [4.69, 9.17) is 0 Å². The molecule has 4 rings (SSSR count). The Morgan fingerprint density at radius 1 is 0.706 bits per heavy atom. The van der Waals surface area contributed by atoms with Crippen LogP contribution in [0.2, 0.25) is 0 Å². The highest BCUT2D eigenvalue weighted by Gasteiger charge is 2.08. The predicted molar refractivity (Wildman–Crippen MR) is 74.6 cm³/mol. The molecule has 3 aromatic carbocycles. The Labute approximate surface area is 102 Å². The Hall–Kier alpha value is -1.93. The Kier molecular flexibility index (Phi) is 1.76. The van der Waals surface area contributed by atoms with Gasteiger partial charge in [-0.3, -0.25) is 0 Å². The van der Waals surface area contributed by atoms with Crippen molar-refractivity contribution in [2.45, 2.75) is 0 Å². The van der Waals surface area contributed by atoms with Crippen molar-refractivity contribution in [3.8, 4) is 0 Å². The summed E-state index contributed by atoms with van der Waals surface area (Å²) in [4.78, 5) is 4.52. The smallest absolute Gasteiger partial charge is 0.0896 e. The quantitative estimate of drug-likeness (QED) is 0.406. The van der Waals surface area contributed by atoms with Gasteiger partial charge in [-0.2, -0.15) is 0 Å². The standard InChI is InChI=1S/C15H9NS/c1-3-7-12-10(5-1)11-6-2-4-8-13(11)15-14(12)16-9-17-15/h1-9H. The molecule has 0 saturated carbocycles. The van der Waals surface area contributed by atoms with Gasteiger partial charge < -0.3 is 0 Å². The van der Waals surface area contributed by atoms with Gasteiger partial charge in [0.15, 0.2) is 0 Å². The molecule has 0 unspecified atom stereocenters. The molecule has 0 aliphatic carbocycles. The topological polar surface area (TPSA) is 12.9 Å². The third-order valence-electron chi connectivity index (χ3n) is 3.21. The van der Waals surface area contributed by atoms with E-state index in [1.54, 1.807) is 11.3 Å². The van der Waals surface area contributed by atoms with Crippen LogP contribution in [0.25, 0.3) is 31.8 Å². The summed E-state index contributed by atoms with van der Waals surface area (Å²) in [5.74, 6) is 0. The minimum Gasteiger partial charge on any atom is -0.244 e. The van der Waals surface area contributed by atoms with E-state index in [2.05, 4.69) is 53.5 Å².